The topological polar surface area (TPSA) is 41.1 Å². The first kappa shape index (κ1) is 10.9. The molecule has 0 aliphatic rings. The van der Waals surface area contributed by atoms with Crippen LogP contribution in [-0.2, 0) is 0 Å². The van der Waals surface area contributed by atoms with E-state index in [0.29, 0.717) is 15.7 Å². The number of halogens is 2. The highest BCUT2D eigenvalue weighted by molar-refractivity contribution is 6.35. The quantitative estimate of drug-likeness (QED) is 0.805. The highest BCUT2D eigenvalue weighted by Gasteiger charge is 2.01. The summed E-state index contributed by atoms with van der Waals surface area (Å²) in [4.78, 5) is 11.1. The second-order valence-electron chi connectivity index (χ2n) is 2.46. The summed E-state index contributed by atoms with van der Waals surface area (Å²) in [7, 11) is 0. The third-order valence-corrected chi connectivity index (χ3v) is 1.79. The van der Waals surface area contributed by atoms with Crippen molar-refractivity contribution in [2.75, 3.05) is 5.32 Å². The predicted octanol–water partition coefficient (Wildman–Crippen LogP) is 3.26. The van der Waals surface area contributed by atoms with Crippen molar-refractivity contribution in [2.45, 2.75) is 0 Å². The standard InChI is InChI=1S/C9H8Cl2N2O/c1-2-12-9(14)13-8-4-6(10)3-7(11)5-8/h2-5H,1H2,(H2,12,13,14). The number of anilines is 1. The minimum absolute atomic E-state index is 0.390. The number of hydrogen-bond acceptors (Lipinski definition) is 1. The molecule has 2 amide bonds. The van der Waals surface area contributed by atoms with Gasteiger partial charge in [0.15, 0.2) is 0 Å². The highest BCUT2D eigenvalue weighted by atomic mass is 35.5. The third kappa shape index (κ3) is 3.28. The van der Waals surface area contributed by atoms with Crippen LogP contribution >= 0.6 is 23.2 Å². The van der Waals surface area contributed by atoms with Gasteiger partial charge in [0.2, 0.25) is 0 Å². The van der Waals surface area contributed by atoms with Gasteiger partial charge in [-0.15, -0.1) is 0 Å². The Morgan fingerprint density at radius 1 is 1.29 bits per heavy atom. The molecule has 0 bridgehead atoms. The molecule has 0 aliphatic heterocycles. The average Bonchev–Trinajstić information content (AvgIpc) is 2.01. The fourth-order valence-corrected chi connectivity index (χ4v) is 1.41. The van der Waals surface area contributed by atoms with Gasteiger partial charge in [0.25, 0.3) is 0 Å². The molecule has 0 spiro atoms. The Morgan fingerprint density at radius 3 is 2.36 bits per heavy atom. The van der Waals surface area contributed by atoms with Gasteiger partial charge in [-0.2, -0.15) is 0 Å². The van der Waals surface area contributed by atoms with E-state index in [1.54, 1.807) is 18.2 Å². The minimum Gasteiger partial charge on any atom is -0.315 e. The Kier molecular flexibility index (Phi) is 3.80. The lowest BCUT2D eigenvalue weighted by atomic mass is 10.3. The molecule has 5 heteroatoms. The Balaban J connectivity index is 2.76. The summed E-state index contributed by atoms with van der Waals surface area (Å²) < 4.78 is 0. The van der Waals surface area contributed by atoms with E-state index in [2.05, 4.69) is 17.2 Å². The molecular weight excluding hydrogens is 223 g/mol. The van der Waals surface area contributed by atoms with Crippen LogP contribution in [0.15, 0.2) is 31.0 Å². The molecule has 0 unspecified atom stereocenters. The van der Waals surface area contributed by atoms with Crippen LogP contribution in [0.25, 0.3) is 0 Å². The summed E-state index contributed by atoms with van der Waals surface area (Å²) in [6, 6.07) is 4.38. The number of urea groups is 1. The Hall–Kier alpha value is -1.19. The number of benzene rings is 1. The van der Waals surface area contributed by atoms with Crippen molar-refractivity contribution in [3.8, 4) is 0 Å². The van der Waals surface area contributed by atoms with Gasteiger partial charge in [-0.1, -0.05) is 29.8 Å². The maximum Gasteiger partial charge on any atom is 0.323 e. The number of rotatable bonds is 2. The maximum absolute atomic E-state index is 11.1. The lowest BCUT2D eigenvalue weighted by Gasteiger charge is -2.05. The summed E-state index contributed by atoms with van der Waals surface area (Å²) in [5.74, 6) is 0. The number of nitrogens with one attached hydrogen (secondary N) is 2. The van der Waals surface area contributed by atoms with E-state index >= 15 is 0 Å². The number of amides is 2. The molecule has 0 fully saturated rings. The molecule has 1 aromatic rings. The molecule has 2 N–H and O–H groups in total. The van der Waals surface area contributed by atoms with Gasteiger partial charge in [-0.3, -0.25) is 0 Å². The van der Waals surface area contributed by atoms with Crippen LogP contribution in [0.3, 0.4) is 0 Å². The maximum atomic E-state index is 11.1. The molecule has 0 aliphatic carbocycles. The van der Waals surface area contributed by atoms with E-state index in [1.807, 2.05) is 0 Å². The molecule has 0 aromatic heterocycles. The zero-order chi connectivity index (χ0) is 10.6. The normalized spacial score (nSPS) is 9.29. The van der Waals surface area contributed by atoms with Gasteiger partial charge in [-0.25, -0.2) is 4.79 Å². The van der Waals surface area contributed by atoms with E-state index in [4.69, 9.17) is 23.2 Å². The molecule has 0 heterocycles. The van der Waals surface area contributed by atoms with E-state index < -0.39 is 6.03 Å². The van der Waals surface area contributed by atoms with E-state index in [0.717, 1.165) is 0 Å². The second kappa shape index (κ2) is 4.88. The summed E-state index contributed by atoms with van der Waals surface area (Å²) in [6.07, 6.45) is 1.28. The first-order chi connectivity index (χ1) is 6.61. The molecule has 0 saturated heterocycles. The van der Waals surface area contributed by atoms with Crippen LogP contribution in [-0.4, -0.2) is 6.03 Å². The van der Waals surface area contributed by atoms with Crippen LogP contribution in [0.1, 0.15) is 0 Å². The molecule has 1 aromatic carbocycles. The largest absolute Gasteiger partial charge is 0.323 e. The Bertz CT molecular complexity index is 346. The lowest BCUT2D eigenvalue weighted by molar-refractivity contribution is 0.255. The Labute approximate surface area is 91.7 Å². The zero-order valence-corrected chi connectivity index (χ0v) is 8.69. The molecular formula is C9H8Cl2N2O. The third-order valence-electron chi connectivity index (χ3n) is 1.35. The van der Waals surface area contributed by atoms with E-state index in [9.17, 15) is 4.79 Å². The predicted molar refractivity (Wildman–Crippen MR) is 58.8 cm³/mol. The first-order valence-corrected chi connectivity index (χ1v) is 4.52. The average molecular weight is 231 g/mol. The Morgan fingerprint density at radius 2 is 1.86 bits per heavy atom. The van der Waals surface area contributed by atoms with Crippen molar-refractivity contribution >= 4 is 34.9 Å². The number of hydrogen-bond donors (Lipinski definition) is 2. The van der Waals surface area contributed by atoms with Crippen molar-refractivity contribution < 1.29 is 4.79 Å². The van der Waals surface area contributed by atoms with Crippen LogP contribution < -0.4 is 10.6 Å². The van der Waals surface area contributed by atoms with Crippen LogP contribution in [0.2, 0.25) is 10.0 Å². The SMILES string of the molecule is C=CNC(=O)Nc1cc(Cl)cc(Cl)c1. The van der Waals surface area contributed by atoms with Gasteiger partial charge in [0, 0.05) is 15.7 Å². The van der Waals surface area contributed by atoms with Gasteiger partial charge >= 0.3 is 6.03 Å². The van der Waals surface area contributed by atoms with Gasteiger partial charge in [0.1, 0.15) is 0 Å². The van der Waals surface area contributed by atoms with Crippen molar-refractivity contribution in [3.05, 3.63) is 41.0 Å². The molecule has 0 saturated carbocycles. The van der Waals surface area contributed by atoms with Crippen molar-refractivity contribution in [2.24, 2.45) is 0 Å². The fraction of sp³-hybridized carbons (Fsp3) is 0. The second-order valence-corrected chi connectivity index (χ2v) is 3.33. The van der Waals surface area contributed by atoms with Crippen molar-refractivity contribution in [3.63, 3.8) is 0 Å². The fourth-order valence-electron chi connectivity index (χ4n) is 0.886. The molecule has 0 atom stereocenters. The van der Waals surface area contributed by atoms with Gasteiger partial charge in [0.05, 0.1) is 0 Å². The summed E-state index contributed by atoms with van der Waals surface area (Å²) in [5.41, 5.74) is 0.529. The van der Waals surface area contributed by atoms with Crippen molar-refractivity contribution in [1.82, 2.24) is 5.32 Å². The molecule has 74 valence electrons. The van der Waals surface area contributed by atoms with Gasteiger partial charge < -0.3 is 10.6 Å². The van der Waals surface area contributed by atoms with E-state index in [1.165, 1.54) is 6.20 Å². The highest BCUT2D eigenvalue weighted by Crippen LogP contribution is 2.22. The molecule has 3 nitrogen and oxygen atoms in total. The zero-order valence-electron chi connectivity index (χ0n) is 7.18. The summed E-state index contributed by atoms with van der Waals surface area (Å²) in [5, 5.41) is 5.82. The van der Waals surface area contributed by atoms with Crippen LogP contribution in [0.4, 0.5) is 10.5 Å². The first-order valence-electron chi connectivity index (χ1n) is 3.76. The van der Waals surface area contributed by atoms with Crippen molar-refractivity contribution in [1.29, 1.82) is 0 Å². The molecule has 1 rings (SSSR count). The minimum atomic E-state index is -0.390. The number of carbonyl (C=O) groups excluding carboxylic acids is 1. The molecule has 14 heavy (non-hydrogen) atoms. The van der Waals surface area contributed by atoms with Crippen LogP contribution in [0, 0.1) is 0 Å². The molecule has 0 radical (unpaired) electrons. The lowest BCUT2D eigenvalue weighted by Crippen LogP contribution is -2.23. The summed E-state index contributed by atoms with van der Waals surface area (Å²) >= 11 is 11.5. The monoisotopic (exact) mass is 230 g/mol. The van der Waals surface area contributed by atoms with E-state index in [-0.39, 0.29) is 0 Å². The smallest absolute Gasteiger partial charge is 0.315 e. The van der Waals surface area contributed by atoms with Gasteiger partial charge in [-0.05, 0) is 24.4 Å². The summed E-state index contributed by atoms with van der Waals surface area (Å²) in [6.45, 7) is 3.35. The van der Waals surface area contributed by atoms with Crippen LogP contribution in [0.5, 0.6) is 0 Å². The number of carbonyl (C=O) groups is 1.